The number of hydrazone groups is 1. The molecule has 6 heteroatoms. The summed E-state index contributed by atoms with van der Waals surface area (Å²) in [6.07, 6.45) is 0. The Balaban J connectivity index is 2.26. The van der Waals surface area contributed by atoms with Gasteiger partial charge in [-0.3, -0.25) is 5.43 Å². The van der Waals surface area contributed by atoms with E-state index in [1.165, 1.54) is 0 Å². The summed E-state index contributed by atoms with van der Waals surface area (Å²) in [7, 11) is 0. The minimum atomic E-state index is -0.275. The smallest absolute Gasteiger partial charge is 0.237 e. The topological polar surface area (TPSA) is 81.2 Å². The molecule has 21 heavy (non-hydrogen) atoms. The lowest BCUT2D eigenvalue weighted by atomic mass is 10.3. The molecule has 0 saturated heterocycles. The van der Waals surface area contributed by atoms with Crippen LogP contribution in [0.25, 0.3) is 0 Å². The third-order valence-electron chi connectivity index (χ3n) is 2.44. The van der Waals surface area contributed by atoms with Gasteiger partial charge in [-0.15, -0.1) is 0 Å². The lowest BCUT2D eigenvalue weighted by Gasteiger charge is -2.11. The van der Waals surface area contributed by atoms with E-state index in [1.54, 1.807) is 60.7 Å². The first-order valence-corrected chi connectivity index (χ1v) is 6.27. The predicted molar refractivity (Wildman–Crippen MR) is 80.3 cm³/mol. The number of hydrogen-bond acceptors (Lipinski definition) is 5. The molecule has 0 atom stereocenters. The number of nitrogens with zero attached hydrogens (tertiary/aromatic N) is 3. The molecule has 0 bridgehead atoms. The second kappa shape index (κ2) is 6.95. The zero-order valence-corrected chi connectivity index (χ0v) is 11.5. The zero-order valence-electron chi connectivity index (χ0n) is 10.7. The van der Waals surface area contributed by atoms with E-state index in [2.05, 4.69) is 10.5 Å². The van der Waals surface area contributed by atoms with Gasteiger partial charge in [-0.05, 0) is 24.3 Å². The summed E-state index contributed by atoms with van der Waals surface area (Å²) < 4.78 is 5.71. The van der Waals surface area contributed by atoms with Gasteiger partial charge in [0.25, 0.3) is 0 Å². The van der Waals surface area contributed by atoms with E-state index in [4.69, 9.17) is 26.9 Å². The zero-order chi connectivity index (χ0) is 15.1. The molecular weight excluding hydrogens is 288 g/mol. The minimum Gasteiger partial charge on any atom is -0.454 e. The maximum absolute atomic E-state index is 8.65. The minimum absolute atomic E-state index is 0.275. The molecule has 0 spiro atoms. The van der Waals surface area contributed by atoms with Crippen LogP contribution >= 0.6 is 11.6 Å². The highest BCUT2D eigenvalue weighted by atomic mass is 35.5. The number of benzene rings is 2. The molecule has 0 aliphatic carbocycles. The van der Waals surface area contributed by atoms with Crippen molar-refractivity contribution >= 4 is 23.0 Å². The Bertz CT molecular complexity index is 743. The van der Waals surface area contributed by atoms with E-state index in [0.717, 1.165) is 0 Å². The molecule has 0 saturated carbocycles. The molecular formula is C15H9ClN4O. The number of nitriles is 2. The van der Waals surface area contributed by atoms with Crippen LogP contribution in [0.3, 0.4) is 0 Å². The summed E-state index contributed by atoms with van der Waals surface area (Å²) in [4.78, 5) is 0. The summed E-state index contributed by atoms with van der Waals surface area (Å²) in [5, 5.41) is 21.5. The molecule has 0 aromatic heterocycles. The van der Waals surface area contributed by atoms with Gasteiger partial charge in [-0.25, -0.2) is 0 Å². The molecule has 0 amide bonds. The van der Waals surface area contributed by atoms with Crippen LogP contribution in [0, 0.1) is 22.7 Å². The predicted octanol–water partition coefficient (Wildman–Crippen LogP) is 3.95. The van der Waals surface area contributed by atoms with E-state index in [-0.39, 0.29) is 5.71 Å². The maximum Gasteiger partial charge on any atom is 0.237 e. The van der Waals surface area contributed by atoms with Gasteiger partial charge >= 0.3 is 0 Å². The van der Waals surface area contributed by atoms with Crippen LogP contribution in [-0.2, 0) is 0 Å². The van der Waals surface area contributed by atoms with Gasteiger partial charge in [0.1, 0.15) is 17.9 Å². The highest BCUT2D eigenvalue weighted by Gasteiger charge is 2.06. The van der Waals surface area contributed by atoms with Crippen LogP contribution in [0.2, 0.25) is 5.02 Å². The number of ether oxygens (including phenoxy) is 1. The highest BCUT2D eigenvalue weighted by Crippen LogP contribution is 2.33. The first-order valence-electron chi connectivity index (χ1n) is 5.90. The Morgan fingerprint density at radius 2 is 1.62 bits per heavy atom. The number of nitrogens with one attached hydrogen (secondary N) is 1. The van der Waals surface area contributed by atoms with E-state index in [0.29, 0.717) is 22.2 Å². The van der Waals surface area contributed by atoms with Crippen molar-refractivity contribution in [2.24, 2.45) is 5.10 Å². The largest absolute Gasteiger partial charge is 0.454 e. The number of para-hydroxylation sites is 3. The molecule has 0 heterocycles. The van der Waals surface area contributed by atoms with Crippen LogP contribution in [-0.4, -0.2) is 5.71 Å². The Hall–Kier alpha value is -3.02. The first-order chi connectivity index (χ1) is 10.2. The summed E-state index contributed by atoms with van der Waals surface area (Å²) >= 11 is 6.04. The Kier molecular flexibility index (Phi) is 4.76. The Morgan fingerprint density at radius 1 is 1.00 bits per heavy atom. The van der Waals surface area contributed by atoms with Gasteiger partial charge in [0.2, 0.25) is 5.71 Å². The highest BCUT2D eigenvalue weighted by molar-refractivity contribution is 6.32. The molecule has 2 rings (SSSR count). The molecule has 2 aromatic rings. The van der Waals surface area contributed by atoms with Crippen molar-refractivity contribution < 1.29 is 4.74 Å². The molecule has 5 nitrogen and oxygen atoms in total. The maximum atomic E-state index is 8.65. The lowest BCUT2D eigenvalue weighted by molar-refractivity contribution is 0.485. The van der Waals surface area contributed by atoms with Crippen molar-refractivity contribution in [3.8, 4) is 23.6 Å². The molecule has 102 valence electrons. The van der Waals surface area contributed by atoms with Gasteiger partial charge in [0, 0.05) is 0 Å². The fourth-order valence-corrected chi connectivity index (χ4v) is 1.66. The quantitative estimate of drug-likeness (QED) is 0.684. The third-order valence-corrected chi connectivity index (χ3v) is 2.76. The molecule has 2 aromatic carbocycles. The molecule has 0 aliphatic heterocycles. The van der Waals surface area contributed by atoms with E-state index in [9.17, 15) is 0 Å². The number of rotatable bonds is 4. The van der Waals surface area contributed by atoms with Gasteiger partial charge in [0.05, 0.1) is 10.7 Å². The van der Waals surface area contributed by atoms with E-state index < -0.39 is 0 Å². The normalized spacial score (nSPS) is 9.10. The van der Waals surface area contributed by atoms with Crippen LogP contribution < -0.4 is 10.2 Å². The SMILES string of the molecule is N#CC(C#N)=NNc1ccccc1Oc1ccccc1Cl. The van der Waals surface area contributed by atoms with Gasteiger partial charge in [-0.1, -0.05) is 35.9 Å². The van der Waals surface area contributed by atoms with Crippen molar-refractivity contribution in [2.45, 2.75) is 0 Å². The average molecular weight is 297 g/mol. The number of hydrogen-bond donors (Lipinski definition) is 1. The summed E-state index contributed by atoms with van der Waals surface area (Å²) in [6.45, 7) is 0. The second-order valence-electron chi connectivity index (χ2n) is 3.82. The summed E-state index contributed by atoms with van der Waals surface area (Å²) in [5.74, 6) is 0.975. The van der Waals surface area contributed by atoms with Gasteiger partial charge in [-0.2, -0.15) is 15.6 Å². The van der Waals surface area contributed by atoms with Crippen molar-refractivity contribution in [2.75, 3.05) is 5.43 Å². The number of halogens is 1. The monoisotopic (exact) mass is 296 g/mol. The summed E-state index contributed by atoms with van der Waals surface area (Å²) in [6, 6.07) is 17.4. The average Bonchev–Trinajstić information content (AvgIpc) is 2.52. The van der Waals surface area contributed by atoms with E-state index >= 15 is 0 Å². The van der Waals surface area contributed by atoms with Crippen LogP contribution in [0.4, 0.5) is 5.69 Å². The Labute approximate surface area is 126 Å². The fourth-order valence-electron chi connectivity index (χ4n) is 1.49. The fraction of sp³-hybridized carbons (Fsp3) is 0. The van der Waals surface area contributed by atoms with Crippen LogP contribution in [0.15, 0.2) is 53.6 Å². The molecule has 0 fully saturated rings. The van der Waals surface area contributed by atoms with Crippen molar-refractivity contribution in [3.63, 3.8) is 0 Å². The molecule has 0 aliphatic rings. The van der Waals surface area contributed by atoms with Crippen molar-refractivity contribution in [1.29, 1.82) is 10.5 Å². The molecule has 0 radical (unpaired) electrons. The van der Waals surface area contributed by atoms with E-state index in [1.807, 2.05) is 0 Å². The van der Waals surface area contributed by atoms with Gasteiger partial charge in [0.15, 0.2) is 5.75 Å². The molecule has 0 unspecified atom stereocenters. The lowest BCUT2D eigenvalue weighted by Crippen LogP contribution is -1.98. The van der Waals surface area contributed by atoms with Crippen LogP contribution in [0.1, 0.15) is 0 Å². The summed E-state index contributed by atoms with van der Waals surface area (Å²) in [5.41, 5.74) is 2.87. The van der Waals surface area contributed by atoms with Gasteiger partial charge < -0.3 is 4.74 Å². The Morgan fingerprint density at radius 3 is 2.29 bits per heavy atom. The first kappa shape index (κ1) is 14.4. The second-order valence-corrected chi connectivity index (χ2v) is 4.23. The standard InChI is InChI=1S/C15H9ClN4O/c16-12-5-1-3-7-14(12)21-15-8-4-2-6-13(15)20-19-11(9-17)10-18/h1-8,20H. The van der Waals surface area contributed by atoms with Crippen molar-refractivity contribution in [1.82, 2.24) is 0 Å². The third kappa shape index (κ3) is 3.73. The number of anilines is 1. The molecule has 1 N–H and O–H groups in total. The van der Waals surface area contributed by atoms with Crippen molar-refractivity contribution in [3.05, 3.63) is 53.6 Å². The van der Waals surface area contributed by atoms with Crippen LogP contribution in [0.5, 0.6) is 11.5 Å².